The quantitative estimate of drug-likeness (QED) is 0.861. The van der Waals surface area contributed by atoms with Gasteiger partial charge in [-0.25, -0.2) is 4.79 Å². The van der Waals surface area contributed by atoms with Crippen molar-refractivity contribution in [2.24, 2.45) is 12.5 Å². The van der Waals surface area contributed by atoms with Crippen LogP contribution in [0.2, 0.25) is 0 Å². The maximum atomic E-state index is 12.8. The van der Waals surface area contributed by atoms with Gasteiger partial charge in [-0.05, 0) is 19.3 Å². The molecule has 2 aromatic rings. The van der Waals surface area contributed by atoms with E-state index in [0.29, 0.717) is 11.5 Å². The Labute approximate surface area is 146 Å². The van der Waals surface area contributed by atoms with Crippen LogP contribution in [0.1, 0.15) is 39.1 Å². The number of hydrogen-bond acceptors (Lipinski definition) is 5. The summed E-state index contributed by atoms with van der Waals surface area (Å²) in [6.07, 6.45) is 1.71. The minimum absolute atomic E-state index is 0.0443. The monoisotopic (exact) mass is 345 g/mol. The number of urea groups is 1. The SMILES string of the molecule is Cc1c(-c2cc(CN3C(=O)NC(C)(C(C)(C)C)C3=O)on2)cnn1C. The van der Waals surface area contributed by atoms with Crippen LogP contribution in [-0.2, 0) is 18.4 Å². The predicted molar refractivity (Wildman–Crippen MR) is 90.4 cm³/mol. The Kier molecular flexibility index (Phi) is 3.74. The summed E-state index contributed by atoms with van der Waals surface area (Å²) in [6, 6.07) is 1.31. The summed E-state index contributed by atoms with van der Waals surface area (Å²) >= 11 is 0. The molecule has 1 aliphatic heterocycles. The molecule has 8 nitrogen and oxygen atoms in total. The fourth-order valence-corrected chi connectivity index (χ4v) is 2.77. The second kappa shape index (κ2) is 5.44. The summed E-state index contributed by atoms with van der Waals surface area (Å²) in [5.74, 6) is 0.181. The lowest BCUT2D eigenvalue weighted by Crippen LogP contribution is -2.54. The molecular weight excluding hydrogens is 322 g/mol. The fraction of sp³-hybridized carbons (Fsp3) is 0.529. The zero-order valence-electron chi connectivity index (χ0n) is 15.4. The van der Waals surface area contributed by atoms with Crippen LogP contribution < -0.4 is 5.32 Å². The normalized spacial score (nSPS) is 21.1. The number of amides is 3. The maximum Gasteiger partial charge on any atom is 0.325 e. The van der Waals surface area contributed by atoms with Gasteiger partial charge in [-0.2, -0.15) is 5.10 Å². The highest BCUT2D eigenvalue weighted by Gasteiger charge is 2.54. The van der Waals surface area contributed by atoms with Crippen molar-refractivity contribution in [3.8, 4) is 11.3 Å². The van der Waals surface area contributed by atoms with Gasteiger partial charge in [0.25, 0.3) is 5.91 Å². The summed E-state index contributed by atoms with van der Waals surface area (Å²) in [6.45, 7) is 9.49. The van der Waals surface area contributed by atoms with E-state index >= 15 is 0 Å². The molecule has 0 radical (unpaired) electrons. The van der Waals surface area contributed by atoms with Crippen molar-refractivity contribution in [3.05, 3.63) is 23.7 Å². The molecule has 1 atom stereocenters. The predicted octanol–water partition coefficient (Wildman–Crippen LogP) is 2.24. The van der Waals surface area contributed by atoms with Gasteiger partial charge >= 0.3 is 6.03 Å². The van der Waals surface area contributed by atoms with E-state index in [1.165, 1.54) is 4.90 Å². The van der Waals surface area contributed by atoms with Crippen molar-refractivity contribution >= 4 is 11.9 Å². The van der Waals surface area contributed by atoms with Crippen molar-refractivity contribution < 1.29 is 14.1 Å². The first-order valence-electron chi connectivity index (χ1n) is 8.13. The standard InChI is InChI=1S/C17H23N5O3/c1-10-12(8-18-21(10)6)13-7-11(25-20-13)9-22-14(23)17(5,16(2,3)4)19-15(22)24/h7-8H,9H2,1-6H3,(H,19,24). The number of nitrogens with one attached hydrogen (secondary N) is 1. The van der Waals surface area contributed by atoms with Gasteiger partial charge in [0.05, 0.1) is 12.7 Å². The lowest BCUT2D eigenvalue weighted by molar-refractivity contribution is -0.134. The highest BCUT2D eigenvalue weighted by atomic mass is 16.5. The van der Waals surface area contributed by atoms with Crippen molar-refractivity contribution in [1.82, 2.24) is 25.2 Å². The van der Waals surface area contributed by atoms with Gasteiger partial charge in [0.15, 0.2) is 5.76 Å². The van der Waals surface area contributed by atoms with E-state index in [0.717, 1.165) is 11.3 Å². The van der Waals surface area contributed by atoms with E-state index < -0.39 is 17.0 Å². The molecule has 134 valence electrons. The van der Waals surface area contributed by atoms with E-state index in [2.05, 4.69) is 15.6 Å². The smallest absolute Gasteiger partial charge is 0.325 e. The average Bonchev–Trinajstić information content (AvgIpc) is 3.15. The molecule has 1 N–H and O–H groups in total. The summed E-state index contributed by atoms with van der Waals surface area (Å²) in [4.78, 5) is 26.3. The Morgan fingerprint density at radius 1 is 1.32 bits per heavy atom. The second-order valence-electron chi connectivity index (χ2n) is 7.64. The van der Waals surface area contributed by atoms with Crippen molar-refractivity contribution in [1.29, 1.82) is 0 Å². The third kappa shape index (κ3) is 2.61. The highest BCUT2D eigenvalue weighted by molar-refractivity contribution is 6.07. The lowest BCUT2D eigenvalue weighted by atomic mass is 9.75. The second-order valence-corrected chi connectivity index (χ2v) is 7.64. The van der Waals surface area contributed by atoms with E-state index in [1.807, 2.05) is 34.7 Å². The molecule has 3 amide bonds. The topological polar surface area (TPSA) is 93.3 Å². The Hall–Kier alpha value is -2.64. The first-order valence-corrected chi connectivity index (χ1v) is 8.13. The number of nitrogens with zero attached hydrogens (tertiary/aromatic N) is 4. The average molecular weight is 345 g/mol. The summed E-state index contributed by atoms with van der Waals surface area (Å²) in [5, 5.41) is 11.0. The third-order valence-corrected chi connectivity index (χ3v) is 5.16. The zero-order valence-corrected chi connectivity index (χ0v) is 15.4. The van der Waals surface area contributed by atoms with Crippen LogP contribution in [0.4, 0.5) is 4.79 Å². The molecule has 0 spiro atoms. The molecular formula is C17H23N5O3. The van der Waals surface area contributed by atoms with Crippen LogP contribution >= 0.6 is 0 Å². The number of aryl methyl sites for hydroxylation is 1. The zero-order chi connectivity index (χ0) is 18.6. The highest BCUT2D eigenvalue weighted by Crippen LogP contribution is 2.36. The lowest BCUT2D eigenvalue weighted by Gasteiger charge is -2.35. The number of hydrogen-bond donors (Lipinski definition) is 1. The number of carbonyl (C=O) groups is 2. The molecule has 8 heteroatoms. The fourth-order valence-electron chi connectivity index (χ4n) is 2.77. The van der Waals surface area contributed by atoms with Crippen molar-refractivity contribution in [2.75, 3.05) is 0 Å². The molecule has 0 aromatic carbocycles. The van der Waals surface area contributed by atoms with E-state index in [9.17, 15) is 9.59 Å². The Morgan fingerprint density at radius 3 is 2.52 bits per heavy atom. The molecule has 25 heavy (non-hydrogen) atoms. The molecule has 2 aromatic heterocycles. The molecule has 0 bridgehead atoms. The minimum atomic E-state index is -0.952. The minimum Gasteiger partial charge on any atom is -0.359 e. The molecule has 3 heterocycles. The molecule has 0 aliphatic carbocycles. The van der Waals surface area contributed by atoms with Gasteiger partial charge in [0.1, 0.15) is 11.2 Å². The van der Waals surface area contributed by atoms with Crippen LogP contribution in [0.5, 0.6) is 0 Å². The Balaban J connectivity index is 1.83. The van der Waals surface area contributed by atoms with E-state index in [-0.39, 0.29) is 12.5 Å². The maximum absolute atomic E-state index is 12.8. The molecule has 1 aliphatic rings. The largest absolute Gasteiger partial charge is 0.359 e. The molecule has 1 unspecified atom stereocenters. The number of carbonyl (C=O) groups excluding carboxylic acids is 2. The van der Waals surface area contributed by atoms with Gasteiger partial charge in [0, 0.05) is 24.4 Å². The number of aromatic nitrogens is 3. The first kappa shape index (κ1) is 17.2. The number of rotatable bonds is 3. The van der Waals surface area contributed by atoms with Gasteiger partial charge < -0.3 is 9.84 Å². The van der Waals surface area contributed by atoms with Gasteiger partial charge in [-0.3, -0.25) is 14.4 Å². The van der Waals surface area contributed by atoms with Crippen LogP contribution in [0.15, 0.2) is 16.8 Å². The molecule has 3 rings (SSSR count). The van der Waals surface area contributed by atoms with Crippen LogP contribution in [0, 0.1) is 12.3 Å². The molecule has 0 saturated carbocycles. The Morgan fingerprint density at radius 2 is 2.00 bits per heavy atom. The Bertz CT molecular complexity index is 845. The number of imide groups is 1. The van der Waals surface area contributed by atoms with Crippen LogP contribution in [0.3, 0.4) is 0 Å². The summed E-state index contributed by atoms with van der Waals surface area (Å²) in [5.41, 5.74) is 1.08. The van der Waals surface area contributed by atoms with Gasteiger partial charge in [-0.15, -0.1) is 0 Å². The molecule has 1 saturated heterocycles. The van der Waals surface area contributed by atoms with Crippen LogP contribution in [0.25, 0.3) is 11.3 Å². The molecule has 1 fully saturated rings. The van der Waals surface area contributed by atoms with Crippen molar-refractivity contribution in [3.63, 3.8) is 0 Å². The van der Waals surface area contributed by atoms with E-state index in [1.54, 1.807) is 23.9 Å². The summed E-state index contributed by atoms with van der Waals surface area (Å²) < 4.78 is 7.08. The van der Waals surface area contributed by atoms with Gasteiger partial charge in [-0.1, -0.05) is 25.9 Å². The summed E-state index contributed by atoms with van der Waals surface area (Å²) in [7, 11) is 1.85. The first-order chi connectivity index (χ1) is 11.5. The van der Waals surface area contributed by atoms with Crippen molar-refractivity contribution in [2.45, 2.75) is 46.7 Å². The third-order valence-electron chi connectivity index (χ3n) is 5.16. The van der Waals surface area contributed by atoms with Gasteiger partial charge in [0.2, 0.25) is 0 Å². The van der Waals surface area contributed by atoms with Crippen LogP contribution in [-0.4, -0.2) is 37.3 Å². The van der Waals surface area contributed by atoms with E-state index in [4.69, 9.17) is 4.52 Å².